The molecule has 0 aliphatic heterocycles. The summed E-state index contributed by atoms with van der Waals surface area (Å²) < 4.78 is -1.24. The van der Waals surface area contributed by atoms with Crippen LogP contribution in [-0.4, -0.2) is 15.0 Å². The summed E-state index contributed by atoms with van der Waals surface area (Å²) in [7, 11) is 0. The standard InChI is InChI=1S/C8H13Cl5/c1-6(2-3-9)4-7(10)5-8(11,12)13/h6-7H,2-5H2,1H3. The van der Waals surface area contributed by atoms with E-state index in [4.69, 9.17) is 58.0 Å². The van der Waals surface area contributed by atoms with E-state index in [1.54, 1.807) is 0 Å². The highest BCUT2D eigenvalue weighted by Crippen LogP contribution is 2.34. The summed E-state index contributed by atoms with van der Waals surface area (Å²) in [6.45, 7) is 2.09. The summed E-state index contributed by atoms with van der Waals surface area (Å²) in [5, 5.41) is -0.0919. The van der Waals surface area contributed by atoms with Crippen LogP contribution in [0, 0.1) is 5.92 Å². The van der Waals surface area contributed by atoms with Crippen molar-refractivity contribution < 1.29 is 0 Å². The van der Waals surface area contributed by atoms with Crippen molar-refractivity contribution in [1.82, 2.24) is 0 Å². The molecule has 5 heteroatoms. The first-order valence-corrected chi connectivity index (χ1v) is 6.22. The van der Waals surface area contributed by atoms with Crippen molar-refractivity contribution in [1.29, 1.82) is 0 Å². The van der Waals surface area contributed by atoms with Crippen LogP contribution < -0.4 is 0 Å². The van der Waals surface area contributed by atoms with E-state index >= 15 is 0 Å². The van der Waals surface area contributed by atoms with E-state index < -0.39 is 3.79 Å². The van der Waals surface area contributed by atoms with E-state index in [-0.39, 0.29) is 5.38 Å². The predicted octanol–water partition coefficient (Wildman–Crippen LogP) is 5.01. The largest absolute Gasteiger partial charge is 0.192 e. The van der Waals surface area contributed by atoms with E-state index in [1.165, 1.54) is 0 Å². The van der Waals surface area contributed by atoms with Crippen LogP contribution in [0.15, 0.2) is 0 Å². The Kier molecular flexibility index (Phi) is 7.61. The fourth-order valence-electron chi connectivity index (χ4n) is 1.08. The molecule has 0 rings (SSSR count). The first kappa shape index (κ1) is 14.5. The molecule has 0 heterocycles. The van der Waals surface area contributed by atoms with Gasteiger partial charge in [-0.25, -0.2) is 0 Å². The second-order valence-electron chi connectivity index (χ2n) is 3.24. The summed E-state index contributed by atoms with van der Waals surface area (Å²) in [6, 6.07) is 0. The quantitative estimate of drug-likeness (QED) is 0.623. The van der Waals surface area contributed by atoms with Crippen molar-refractivity contribution in [2.24, 2.45) is 5.92 Å². The van der Waals surface area contributed by atoms with Crippen molar-refractivity contribution >= 4 is 58.0 Å². The summed E-state index contributed by atoms with van der Waals surface area (Å²) in [4.78, 5) is 0. The van der Waals surface area contributed by atoms with Gasteiger partial charge in [0.05, 0.1) is 0 Å². The van der Waals surface area contributed by atoms with E-state index in [1.807, 2.05) is 0 Å². The highest BCUT2D eigenvalue weighted by molar-refractivity contribution is 6.67. The van der Waals surface area contributed by atoms with Gasteiger partial charge in [0.25, 0.3) is 0 Å². The summed E-state index contributed by atoms with van der Waals surface area (Å²) >= 11 is 28.4. The smallest absolute Gasteiger partial charge is 0.127 e. The Bertz CT molecular complexity index is 131. The Morgan fingerprint density at radius 2 is 1.77 bits per heavy atom. The molecule has 80 valence electrons. The molecular formula is C8H13Cl5. The van der Waals surface area contributed by atoms with Gasteiger partial charge in [0.1, 0.15) is 0 Å². The Morgan fingerprint density at radius 3 is 2.15 bits per heavy atom. The normalized spacial score (nSPS) is 17.1. The lowest BCUT2D eigenvalue weighted by atomic mass is 10.0. The molecule has 0 amide bonds. The molecule has 0 aliphatic rings. The minimum Gasteiger partial charge on any atom is -0.127 e. The third-order valence-electron chi connectivity index (χ3n) is 1.71. The highest BCUT2D eigenvalue weighted by atomic mass is 35.6. The second-order valence-corrected chi connectivity index (χ2v) is 6.75. The number of halogens is 5. The fraction of sp³-hybridized carbons (Fsp3) is 1.00. The van der Waals surface area contributed by atoms with Crippen LogP contribution in [0.2, 0.25) is 0 Å². The van der Waals surface area contributed by atoms with Crippen LogP contribution in [0.4, 0.5) is 0 Å². The summed E-state index contributed by atoms with van der Waals surface area (Å²) in [6.07, 6.45) is 2.17. The molecule has 0 bridgehead atoms. The molecule has 0 aromatic rings. The molecule has 0 aliphatic carbocycles. The Balaban J connectivity index is 3.67. The number of rotatable bonds is 5. The molecule has 0 N–H and O–H groups in total. The van der Waals surface area contributed by atoms with Crippen LogP contribution >= 0.6 is 58.0 Å². The summed E-state index contributed by atoms with van der Waals surface area (Å²) in [5.74, 6) is 1.13. The topological polar surface area (TPSA) is 0 Å². The fourth-order valence-corrected chi connectivity index (χ4v) is 2.78. The van der Waals surface area contributed by atoms with Gasteiger partial charge >= 0.3 is 0 Å². The first-order valence-electron chi connectivity index (χ1n) is 4.12. The van der Waals surface area contributed by atoms with Crippen LogP contribution in [0.3, 0.4) is 0 Å². The molecule has 0 saturated heterocycles. The first-order chi connectivity index (χ1) is 5.85. The van der Waals surface area contributed by atoms with Crippen LogP contribution in [0.1, 0.15) is 26.2 Å². The third-order valence-corrected chi connectivity index (χ3v) is 2.73. The molecule has 2 atom stereocenters. The van der Waals surface area contributed by atoms with Gasteiger partial charge in [0, 0.05) is 17.7 Å². The number of alkyl halides is 5. The van der Waals surface area contributed by atoms with Gasteiger partial charge in [0.15, 0.2) is 3.79 Å². The zero-order valence-electron chi connectivity index (χ0n) is 7.37. The third kappa shape index (κ3) is 9.75. The lowest BCUT2D eigenvalue weighted by molar-refractivity contribution is 0.494. The zero-order chi connectivity index (χ0) is 10.5. The average molecular weight is 286 g/mol. The van der Waals surface area contributed by atoms with Crippen LogP contribution in [-0.2, 0) is 0 Å². The van der Waals surface area contributed by atoms with E-state index in [2.05, 4.69) is 6.92 Å². The molecule has 0 saturated carbocycles. The number of hydrogen-bond acceptors (Lipinski definition) is 0. The maximum absolute atomic E-state index is 6.00. The Morgan fingerprint density at radius 1 is 1.23 bits per heavy atom. The van der Waals surface area contributed by atoms with Gasteiger partial charge in [-0.1, -0.05) is 41.7 Å². The Labute approximate surface area is 105 Å². The zero-order valence-corrected chi connectivity index (χ0v) is 11.2. The lowest BCUT2D eigenvalue weighted by Gasteiger charge is -2.18. The number of hydrogen-bond donors (Lipinski definition) is 0. The SMILES string of the molecule is CC(CCCl)CC(Cl)CC(Cl)(Cl)Cl. The van der Waals surface area contributed by atoms with E-state index in [0.29, 0.717) is 18.2 Å². The van der Waals surface area contributed by atoms with Gasteiger partial charge in [-0.15, -0.1) is 23.2 Å². The van der Waals surface area contributed by atoms with Gasteiger partial charge in [-0.2, -0.15) is 0 Å². The molecule has 0 fully saturated rings. The van der Waals surface area contributed by atoms with Crippen molar-refractivity contribution in [2.75, 3.05) is 5.88 Å². The second kappa shape index (κ2) is 6.85. The van der Waals surface area contributed by atoms with Gasteiger partial charge in [-0.3, -0.25) is 0 Å². The predicted molar refractivity (Wildman–Crippen MR) is 63.7 cm³/mol. The highest BCUT2D eigenvalue weighted by Gasteiger charge is 2.25. The monoisotopic (exact) mass is 284 g/mol. The maximum Gasteiger partial charge on any atom is 0.192 e. The minimum atomic E-state index is -1.24. The van der Waals surface area contributed by atoms with Crippen LogP contribution in [0.25, 0.3) is 0 Å². The lowest BCUT2D eigenvalue weighted by Crippen LogP contribution is -2.14. The maximum atomic E-state index is 6.00. The van der Waals surface area contributed by atoms with Crippen molar-refractivity contribution in [3.05, 3.63) is 0 Å². The van der Waals surface area contributed by atoms with Crippen LogP contribution in [0.5, 0.6) is 0 Å². The van der Waals surface area contributed by atoms with E-state index in [0.717, 1.165) is 12.8 Å². The van der Waals surface area contributed by atoms with Crippen molar-refractivity contribution in [3.63, 3.8) is 0 Å². The molecule has 13 heavy (non-hydrogen) atoms. The van der Waals surface area contributed by atoms with Gasteiger partial charge in [-0.05, 0) is 18.8 Å². The molecular weight excluding hydrogens is 273 g/mol. The molecule has 0 nitrogen and oxygen atoms in total. The van der Waals surface area contributed by atoms with Crippen molar-refractivity contribution in [2.45, 2.75) is 35.4 Å². The molecule has 2 unspecified atom stereocenters. The van der Waals surface area contributed by atoms with E-state index in [9.17, 15) is 0 Å². The minimum absolute atomic E-state index is 0.0919. The summed E-state index contributed by atoms with van der Waals surface area (Å²) in [5.41, 5.74) is 0. The average Bonchev–Trinajstić information content (AvgIpc) is 1.81. The molecule has 0 radical (unpaired) electrons. The van der Waals surface area contributed by atoms with Gasteiger partial charge < -0.3 is 0 Å². The van der Waals surface area contributed by atoms with Crippen molar-refractivity contribution in [3.8, 4) is 0 Å². The molecule has 0 aromatic carbocycles. The molecule has 0 aromatic heterocycles. The van der Waals surface area contributed by atoms with Gasteiger partial charge in [0.2, 0.25) is 0 Å². The Hall–Kier alpha value is 1.45. The molecule has 0 spiro atoms.